The molecule has 0 amide bonds. The van der Waals surface area contributed by atoms with Gasteiger partial charge in [0.15, 0.2) is 0 Å². The van der Waals surface area contributed by atoms with Gasteiger partial charge in [0.25, 0.3) is 0 Å². The fourth-order valence-electron chi connectivity index (χ4n) is 4.07. The van der Waals surface area contributed by atoms with Crippen molar-refractivity contribution in [2.75, 3.05) is 20.6 Å². The molecule has 0 spiro atoms. The van der Waals surface area contributed by atoms with E-state index in [4.69, 9.17) is 0 Å². The summed E-state index contributed by atoms with van der Waals surface area (Å²) in [5, 5.41) is 0. The molecule has 0 atom stereocenters. The summed E-state index contributed by atoms with van der Waals surface area (Å²) in [6, 6.07) is 0. The molecule has 2 rings (SSSR count). The SMILES string of the molecule is CN(C)CC1(C2CCCCC2)CCC(=O)CC1. The van der Waals surface area contributed by atoms with Crippen LogP contribution in [0, 0.1) is 11.3 Å². The largest absolute Gasteiger partial charge is 0.309 e. The second-order valence-electron chi connectivity index (χ2n) is 6.47. The van der Waals surface area contributed by atoms with Crippen molar-refractivity contribution in [3.8, 4) is 0 Å². The van der Waals surface area contributed by atoms with Crippen molar-refractivity contribution in [1.82, 2.24) is 4.90 Å². The molecule has 0 aliphatic heterocycles. The number of carbonyl (C=O) groups excluding carboxylic acids is 1. The van der Waals surface area contributed by atoms with Gasteiger partial charge in [0.1, 0.15) is 5.78 Å². The lowest BCUT2D eigenvalue weighted by Gasteiger charge is -2.46. The molecular weight excluding hydrogens is 210 g/mol. The van der Waals surface area contributed by atoms with Crippen molar-refractivity contribution >= 4 is 5.78 Å². The van der Waals surface area contributed by atoms with Crippen LogP contribution < -0.4 is 0 Å². The zero-order valence-corrected chi connectivity index (χ0v) is 11.5. The van der Waals surface area contributed by atoms with Gasteiger partial charge >= 0.3 is 0 Å². The van der Waals surface area contributed by atoms with Crippen LogP contribution in [-0.2, 0) is 4.79 Å². The third-order valence-corrected chi connectivity index (χ3v) is 4.91. The molecule has 0 aromatic carbocycles. The zero-order chi connectivity index (χ0) is 12.3. The van der Waals surface area contributed by atoms with E-state index in [1.165, 1.54) is 38.6 Å². The normalized spacial score (nSPS) is 26.4. The van der Waals surface area contributed by atoms with Gasteiger partial charge in [0.05, 0.1) is 0 Å². The molecule has 0 bridgehead atoms. The Balaban J connectivity index is 2.08. The van der Waals surface area contributed by atoms with Crippen LogP contribution >= 0.6 is 0 Å². The van der Waals surface area contributed by atoms with Crippen LogP contribution in [0.1, 0.15) is 57.8 Å². The number of nitrogens with zero attached hydrogens (tertiary/aromatic N) is 1. The first-order valence-corrected chi connectivity index (χ1v) is 7.29. The predicted octanol–water partition coefficient (Wildman–Crippen LogP) is 3.26. The fourth-order valence-corrected chi connectivity index (χ4v) is 4.07. The van der Waals surface area contributed by atoms with E-state index in [1.807, 2.05) is 0 Å². The lowest BCUT2D eigenvalue weighted by molar-refractivity contribution is -0.124. The third-order valence-electron chi connectivity index (χ3n) is 4.91. The molecule has 2 nitrogen and oxygen atoms in total. The summed E-state index contributed by atoms with van der Waals surface area (Å²) in [4.78, 5) is 13.8. The lowest BCUT2D eigenvalue weighted by atomic mass is 9.61. The van der Waals surface area contributed by atoms with Crippen molar-refractivity contribution in [3.63, 3.8) is 0 Å². The smallest absolute Gasteiger partial charge is 0.132 e. The maximum absolute atomic E-state index is 11.5. The van der Waals surface area contributed by atoms with Crippen LogP contribution in [0.15, 0.2) is 0 Å². The van der Waals surface area contributed by atoms with E-state index in [1.54, 1.807) is 0 Å². The van der Waals surface area contributed by atoms with E-state index in [0.29, 0.717) is 11.2 Å². The van der Waals surface area contributed by atoms with Crippen molar-refractivity contribution in [3.05, 3.63) is 0 Å². The highest BCUT2D eigenvalue weighted by atomic mass is 16.1. The highest BCUT2D eigenvalue weighted by Gasteiger charge is 2.41. The Kier molecular flexibility index (Phi) is 4.24. The molecule has 2 aliphatic carbocycles. The average molecular weight is 237 g/mol. The molecule has 0 unspecified atom stereocenters. The molecule has 0 saturated heterocycles. The predicted molar refractivity (Wildman–Crippen MR) is 71.0 cm³/mol. The molecule has 2 fully saturated rings. The second kappa shape index (κ2) is 5.51. The van der Waals surface area contributed by atoms with Gasteiger partial charge in [-0.15, -0.1) is 0 Å². The van der Waals surface area contributed by atoms with Gasteiger partial charge in [0.2, 0.25) is 0 Å². The van der Waals surface area contributed by atoms with E-state index in [2.05, 4.69) is 19.0 Å². The molecule has 0 aromatic heterocycles. The minimum absolute atomic E-state index is 0.456. The van der Waals surface area contributed by atoms with E-state index < -0.39 is 0 Å². The highest BCUT2D eigenvalue weighted by molar-refractivity contribution is 5.79. The third kappa shape index (κ3) is 3.09. The molecule has 17 heavy (non-hydrogen) atoms. The van der Waals surface area contributed by atoms with Gasteiger partial charge in [-0.1, -0.05) is 19.3 Å². The quantitative estimate of drug-likeness (QED) is 0.751. The van der Waals surface area contributed by atoms with Crippen molar-refractivity contribution in [1.29, 1.82) is 0 Å². The molecule has 2 heteroatoms. The van der Waals surface area contributed by atoms with Gasteiger partial charge in [-0.3, -0.25) is 4.79 Å². The van der Waals surface area contributed by atoms with Gasteiger partial charge in [0, 0.05) is 19.4 Å². The first kappa shape index (κ1) is 13.1. The van der Waals surface area contributed by atoms with E-state index >= 15 is 0 Å². The first-order chi connectivity index (χ1) is 8.12. The number of carbonyl (C=O) groups is 1. The summed E-state index contributed by atoms with van der Waals surface area (Å²) < 4.78 is 0. The molecule has 2 saturated carbocycles. The molecule has 0 heterocycles. The average Bonchev–Trinajstić information content (AvgIpc) is 2.33. The minimum Gasteiger partial charge on any atom is -0.309 e. The standard InChI is InChI=1S/C15H27NO/c1-16(2)12-15(10-8-14(17)9-11-15)13-6-4-3-5-7-13/h13H,3-12H2,1-2H3. The van der Waals surface area contributed by atoms with E-state index in [9.17, 15) is 4.79 Å². The van der Waals surface area contributed by atoms with E-state index in [-0.39, 0.29) is 0 Å². The summed E-state index contributed by atoms with van der Waals surface area (Å²) in [5.41, 5.74) is 0.456. The summed E-state index contributed by atoms with van der Waals surface area (Å²) >= 11 is 0. The summed E-state index contributed by atoms with van der Waals surface area (Å²) in [5.74, 6) is 1.38. The topological polar surface area (TPSA) is 20.3 Å². The molecule has 0 aromatic rings. The number of rotatable bonds is 3. The van der Waals surface area contributed by atoms with Gasteiger partial charge in [-0.05, 0) is 51.1 Å². The first-order valence-electron chi connectivity index (χ1n) is 7.29. The van der Waals surface area contributed by atoms with Crippen LogP contribution in [0.3, 0.4) is 0 Å². The van der Waals surface area contributed by atoms with Crippen molar-refractivity contribution in [2.24, 2.45) is 11.3 Å². The number of Topliss-reactive ketones (excluding diaryl/α,β-unsaturated/α-hetero) is 1. The van der Waals surface area contributed by atoms with Crippen LogP contribution in [0.4, 0.5) is 0 Å². The van der Waals surface area contributed by atoms with Crippen LogP contribution in [0.5, 0.6) is 0 Å². The van der Waals surface area contributed by atoms with E-state index in [0.717, 1.165) is 31.6 Å². The molecule has 0 N–H and O–H groups in total. The maximum Gasteiger partial charge on any atom is 0.132 e. The Morgan fingerprint density at radius 3 is 2.24 bits per heavy atom. The molecule has 98 valence electrons. The summed E-state index contributed by atoms with van der Waals surface area (Å²) in [6.45, 7) is 1.19. The van der Waals surface area contributed by atoms with Gasteiger partial charge in [-0.25, -0.2) is 0 Å². The second-order valence-corrected chi connectivity index (χ2v) is 6.47. The van der Waals surface area contributed by atoms with Crippen LogP contribution in [0.25, 0.3) is 0 Å². The number of hydrogen-bond donors (Lipinski definition) is 0. The Bertz CT molecular complexity index is 256. The van der Waals surface area contributed by atoms with Crippen LogP contribution in [-0.4, -0.2) is 31.3 Å². The highest BCUT2D eigenvalue weighted by Crippen LogP contribution is 2.47. The maximum atomic E-state index is 11.5. The minimum atomic E-state index is 0.456. The summed E-state index contributed by atoms with van der Waals surface area (Å²) in [7, 11) is 4.36. The monoisotopic (exact) mass is 237 g/mol. The molecular formula is C15H27NO. The summed E-state index contributed by atoms with van der Waals surface area (Å²) in [6.07, 6.45) is 11.0. The van der Waals surface area contributed by atoms with Gasteiger partial charge in [-0.2, -0.15) is 0 Å². The Morgan fingerprint density at radius 2 is 1.71 bits per heavy atom. The number of hydrogen-bond acceptors (Lipinski definition) is 2. The molecule has 2 aliphatic rings. The molecule has 0 radical (unpaired) electrons. The van der Waals surface area contributed by atoms with Gasteiger partial charge < -0.3 is 4.90 Å². The Morgan fingerprint density at radius 1 is 1.12 bits per heavy atom. The fraction of sp³-hybridized carbons (Fsp3) is 0.933. The van der Waals surface area contributed by atoms with Crippen molar-refractivity contribution < 1.29 is 4.79 Å². The zero-order valence-electron chi connectivity index (χ0n) is 11.5. The Labute approximate surface area is 106 Å². The Hall–Kier alpha value is -0.370. The van der Waals surface area contributed by atoms with Crippen molar-refractivity contribution in [2.45, 2.75) is 57.8 Å². The number of ketones is 1. The lowest BCUT2D eigenvalue weighted by Crippen LogP contribution is -2.43. The van der Waals surface area contributed by atoms with Crippen LogP contribution in [0.2, 0.25) is 0 Å².